The summed E-state index contributed by atoms with van der Waals surface area (Å²) in [6.45, 7) is 1.64. The van der Waals surface area contributed by atoms with Gasteiger partial charge in [-0.2, -0.15) is 0 Å². The van der Waals surface area contributed by atoms with Crippen LogP contribution in [0.2, 0.25) is 0 Å². The van der Waals surface area contributed by atoms with Crippen molar-refractivity contribution in [1.29, 1.82) is 0 Å². The third-order valence-corrected chi connectivity index (χ3v) is 3.83. The molecule has 7 heteroatoms. The van der Waals surface area contributed by atoms with E-state index in [1.165, 1.54) is 11.3 Å². The lowest BCUT2D eigenvalue weighted by atomic mass is 10.3. The Bertz CT molecular complexity index is 638. The van der Waals surface area contributed by atoms with Gasteiger partial charge in [-0.3, -0.25) is 9.59 Å². The minimum absolute atomic E-state index is 0.251. The summed E-state index contributed by atoms with van der Waals surface area (Å²) >= 11 is 1.33. The van der Waals surface area contributed by atoms with Crippen molar-refractivity contribution in [1.82, 2.24) is 10.3 Å². The molecule has 0 aliphatic carbocycles. The van der Waals surface area contributed by atoms with E-state index in [1.54, 1.807) is 31.3 Å². The molecule has 2 aromatic rings. The van der Waals surface area contributed by atoms with Gasteiger partial charge >= 0.3 is 0 Å². The number of thiophene rings is 1. The fourth-order valence-electron chi connectivity index (χ4n) is 1.72. The Hall–Kier alpha value is -2.41. The lowest BCUT2D eigenvalue weighted by Crippen LogP contribution is -2.41. The number of anilines is 2. The highest BCUT2D eigenvalue weighted by atomic mass is 32.1. The zero-order valence-corrected chi connectivity index (χ0v) is 13.5. The number of nitrogens with one attached hydrogen (secondary N) is 2. The van der Waals surface area contributed by atoms with Crippen LogP contribution in [-0.4, -0.2) is 36.9 Å². The van der Waals surface area contributed by atoms with Gasteiger partial charge in [0.25, 0.3) is 5.91 Å². The zero-order valence-electron chi connectivity index (χ0n) is 12.7. The van der Waals surface area contributed by atoms with Crippen LogP contribution in [0.1, 0.15) is 16.6 Å². The molecule has 116 valence electrons. The standard InChI is InChI=1S/C15H18N4O2S/c1-10(17-15(21)12-5-4-8-22-12)14(20)18-11-6-7-13(16-9-11)19(2)3/h4-10H,1-3H3,(H,17,21)(H,18,20). The summed E-state index contributed by atoms with van der Waals surface area (Å²) in [6, 6.07) is 6.46. The van der Waals surface area contributed by atoms with Crippen molar-refractivity contribution in [2.24, 2.45) is 0 Å². The second kappa shape index (κ2) is 7.04. The molecule has 0 aliphatic heterocycles. The number of hydrogen-bond donors (Lipinski definition) is 2. The zero-order chi connectivity index (χ0) is 16.1. The predicted octanol–water partition coefficient (Wildman–Crippen LogP) is 1.97. The lowest BCUT2D eigenvalue weighted by Gasteiger charge is -2.15. The van der Waals surface area contributed by atoms with E-state index in [2.05, 4.69) is 15.6 Å². The van der Waals surface area contributed by atoms with Crippen molar-refractivity contribution in [2.45, 2.75) is 13.0 Å². The van der Waals surface area contributed by atoms with Gasteiger partial charge in [0.2, 0.25) is 5.91 Å². The van der Waals surface area contributed by atoms with Gasteiger partial charge in [0.15, 0.2) is 0 Å². The number of aromatic nitrogens is 1. The molecule has 0 saturated carbocycles. The first kappa shape index (κ1) is 16.0. The lowest BCUT2D eigenvalue weighted by molar-refractivity contribution is -0.117. The molecule has 22 heavy (non-hydrogen) atoms. The van der Waals surface area contributed by atoms with Gasteiger partial charge in [-0.05, 0) is 30.5 Å². The van der Waals surface area contributed by atoms with Crippen LogP contribution < -0.4 is 15.5 Å². The maximum atomic E-state index is 12.1. The van der Waals surface area contributed by atoms with E-state index in [9.17, 15) is 9.59 Å². The highest BCUT2D eigenvalue weighted by molar-refractivity contribution is 7.12. The molecule has 0 saturated heterocycles. The molecule has 2 heterocycles. The molecule has 2 N–H and O–H groups in total. The summed E-state index contributed by atoms with van der Waals surface area (Å²) in [5, 5.41) is 7.21. The number of hydrogen-bond acceptors (Lipinski definition) is 5. The van der Waals surface area contributed by atoms with Gasteiger partial charge in [0.05, 0.1) is 16.8 Å². The molecule has 2 aromatic heterocycles. The molecule has 6 nitrogen and oxygen atoms in total. The van der Waals surface area contributed by atoms with Crippen LogP contribution in [0.4, 0.5) is 11.5 Å². The number of rotatable bonds is 5. The summed E-state index contributed by atoms with van der Waals surface area (Å²) in [5.74, 6) is 0.264. The normalized spacial score (nSPS) is 11.6. The van der Waals surface area contributed by atoms with E-state index in [1.807, 2.05) is 30.4 Å². The summed E-state index contributed by atoms with van der Waals surface area (Å²) in [5.41, 5.74) is 0.591. The Morgan fingerprint density at radius 2 is 2.05 bits per heavy atom. The largest absolute Gasteiger partial charge is 0.363 e. The van der Waals surface area contributed by atoms with E-state index >= 15 is 0 Å². The highest BCUT2D eigenvalue weighted by Gasteiger charge is 2.17. The third kappa shape index (κ3) is 4.05. The molecule has 0 spiro atoms. The summed E-state index contributed by atoms with van der Waals surface area (Å²) < 4.78 is 0. The van der Waals surface area contributed by atoms with Gasteiger partial charge in [-0.1, -0.05) is 6.07 Å². The second-order valence-corrected chi connectivity index (χ2v) is 5.91. The summed E-state index contributed by atoms with van der Waals surface area (Å²) in [7, 11) is 3.78. The quantitative estimate of drug-likeness (QED) is 0.884. The Kier molecular flexibility index (Phi) is 5.11. The Morgan fingerprint density at radius 1 is 1.27 bits per heavy atom. The molecule has 2 amide bonds. The predicted molar refractivity (Wildman–Crippen MR) is 88.4 cm³/mol. The fourth-order valence-corrected chi connectivity index (χ4v) is 2.34. The first-order valence-electron chi connectivity index (χ1n) is 6.76. The van der Waals surface area contributed by atoms with Gasteiger partial charge in [0, 0.05) is 14.1 Å². The first-order valence-corrected chi connectivity index (χ1v) is 7.64. The maximum absolute atomic E-state index is 12.1. The molecular formula is C15H18N4O2S. The van der Waals surface area contributed by atoms with Crippen molar-refractivity contribution >= 4 is 34.7 Å². The van der Waals surface area contributed by atoms with E-state index in [0.29, 0.717) is 10.6 Å². The number of carbonyl (C=O) groups excluding carboxylic acids is 2. The van der Waals surface area contributed by atoms with Crippen molar-refractivity contribution < 1.29 is 9.59 Å². The Balaban J connectivity index is 1.92. The molecule has 2 rings (SSSR count). The van der Waals surface area contributed by atoms with E-state index < -0.39 is 6.04 Å². The average Bonchev–Trinajstić information content (AvgIpc) is 3.02. The van der Waals surface area contributed by atoms with Crippen LogP contribution in [0.25, 0.3) is 0 Å². The molecule has 0 aliphatic rings. The number of nitrogens with zero attached hydrogens (tertiary/aromatic N) is 2. The number of amides is 2. The van der Waals surface area contributed by atoms with Gasteiger partial charge in [-0.15, -0.1) is 11.3 Å². The third-order valence-electron chi connectivity index (χ3n) is 2.96. The highest BCUT2D eigenvalue weighted by Crippen LogP contribution is 2.12. The van der Waals surface area contributed by atoms with Crippen LogP contribution in [-0.2, 0) is 4.79 Å². The molecule has 0 fully saturated rings. The number of pyridine rings is 1. The van der Waals surface area contributed by atoms with Crippen LogP contribution in [0.15, 0.2) is 35.8 Å². The van der Waals surface area contributed by atoms with E-state index in [-0.39, 0.29) is 11.8 Å². The van der Waals surface area contributed by atoms with E-state index in [0.717, 1.165) is 5.82 Å². The smallest absolute Gasteiger partial charge is 0.261 e. The first-order chi connectivity index (χ1) is 10.5. The molecule has 0 radical (unpaired) electrons. The Morgan fingerprint density at radius 3 is 2.59 bits per heavy atom. The van der Waals surface area contributed by atoms with Gasteiger partial charge < -0.3 is 15.5 Å². The van der Waals surface area contributed by atoms with E-state index in [4.69, 9.17) is 0 Å². The van der Waals surface area contributed by atoms with Crippen molar-refractivity contribution in [3.63, 3.8) is 0 Å². The van der Waals surface area contributed by atoms with Crippen molar-refractivity contribution in [3.05, 3.63) is 40.7 Å². The van der Waals surface area contributed by atoms with Gasteiger partial charge in [-0.25, -0.2) is 4.98 Å². The average molecular weight is 318 g/mol. The second-order valence-electron chi connectivity index (χ2n) is 4.96. The van der Waals surface area contributed by atoms with Crippen LogP contribution in [0.5, 0.6) is 0 Å². The SMILES string of the molecule is CC(NC(=O)c1cccs1)C(=O)Nc1ccc(N(C)C)nc1. The van der Waals surface area contributed by atoms with Gasteiger partial charge in [0.1, 0.15) is 11.9 Å². The minimum atomic E-state index is -0.636. The molecule has 0 aromatic carbocycles. The van der Waals surface area contributed by atoms with Crippen LogP contribution in [0, 0.1) is 0 Å². The minimum Gasteiger partial charge on any atom is -0.363 e. The molecular weight excluding hydrogens is 300 g/mol. The molecule has 1 unspecified atom stereocenters. The van der Waals surface area contributed by atoms with Crippen LogP contribution >= 0.6 is 11.3 Å². The summed E-state index contributed by atoms with van der Waals surface area (Å²) in [4.78, 5) is 30.6. The Labute approximate surface area is 133 Å². The topological polar surface area (TPSA) is 74.3 Å². The molecule has 0 bridgehead atoms. The molecule has 1 atom stereocenters. The van der Waals surface area contributed by atoms with Crippen molar-refractivity contribution in [2.75, 3.05) is 24.3 Å². The summed E-state index contributed by atoms with van der Waals surface area (Å²) in [6.07, 6.45) is 1.58. The monoisotopic (exact) mass is 318 g/mol. The maximum Gasteiger partial charge on any atom is 0.261 e. The van der Waals surface area contributed by atoms with Crippen LogP contribution in [0.3, 0.4) is 0 Å². The van der Waals surface area contributed by atoms with Crippen molar-refractivity contribution in [3.8, 4) is 0 Å². The fraction of sp³-hybridized carbons (Fsp3) is 0.267. The number of carbonyl (C=O) groups is 2.